The average Bonchev–Trinajstić information content (AvgIpc) is 2.61. The van der Waals surface area contributed by atoms with Crippen LogP contribution in [0.5, 0.6) is 5.75 Å². The molecule has 0 bridgehead atoms. The third-order valence-corrected chi connectivity index (χ3v) is 4.23. The van der Waals surface area contributed by atoms with Gasteiger partial charge in [-0.05, 0) is 44.1 Å². The molecule has 0 saturated carbocycles. The van der Waals surface area contributed by atoms with Crippen molar-refractivity contribution in [2.24, 2.45) is 0 Å². The van der Waals surface area contributed by atoms with E-state index in [0.717, 1.165) is 30.8 Å². The number of piperidine rings is 1. The molecule has 7 heteroatoms. The molecule has 1 heterocycles. The molecular weight excluding hydrogens is 342 g/mol. The van der Waals surface area contributed by atoms with E-state index >= 15 is 0 Å². The largest absolute Gasteiger partial charge is 0.491 e. The Kier molecular flexibility index (Phi) is 10.5. The zero-order chi connectivity index (χ0) is 17.2. The molecule has 1 atom stereocenters. The predicted octanol–water partition coefficient (Wildman–Crippen LogP) is 1.43. The second-order valence-corrected chi connectivity index (χ2v) is 6.13. The van der Waals surface area contributed by atoms with Crippen molar-refractivity contribution in [1.82, 2.24) is 15.5 Å². The fourth-order valence-electron chi connectivity index (χ4n) is 2.88. The molecule has 1 saturated heterocycles. The summed E-state index contributed by atoms with van der Waals surface area (Å²) < 4.78 is 10.6. The highest BCUT2D eigenvalue weighted by Gasteiger charge is 2.20. The van der Waals surface area contributed by atoms with Crippen LogP contribution in [0.15, 0.2) is 24.3 Å². The van der Waals surface area contributed by atoms with E-state index in [9.17, 15) is 4.79 Å². The number of hydrogen-bond donors (Lipinski definition) is 2. The molecule has 2 rings (SSSR count). The molecular formula is C18H30ClN3O3. The average molecular weight is 372 g/mol. The molecule has 1 aromatic carbocycles. The summed E-state index contributed by atoms with van der Waals surface area (Å²) in [6.07, 6.45) is 2.32. The lowest BCUT2D eigenvalue weighted by Crippen LogP contribution is -2.47. The van der Waals surface area contributed by atoms with E-state index in [1.54, 1.807) is 7.11 Å². The van der Waals surface area contributed by atoms with Gasteiger partial charge in [-0.15, -0.1) is 12.4 Å². The number of ether oxygens (including phenoxy) is 2. The second-order valence-electron chi connectivity index (χ2n) is 6.13. The quantitative estimate of drug-likeness (QED) is 0.643. The van der Waals surface area contributed by atoms with Crippen LogP contribution >= 0.6 is 12.4 Å². The number of likely N-dealkylation sites (tertiary alicyclic amines) is 1. The summed E-state index contributed by atoms with van der Waals surface area (Å²) in [6.45, 7) is 3.99. The smallest absolute Gasteiger partial charge is 0.234 e. The fraction of sp³-hybridized carbons (Fsp3) is 0.611. The van der Waals surface area contributed by atoms with Gasteiger partial charge in [-0.2, -0.15) is 0 Å². The number of carbonyl (C=O) groups is 1. The van der Waals surface area contributed by atoms with Crippen LogP contribution in [0.4, 0.5) is 0 Å². The van der Waals surface area contributed by atoms with Gasteiger partial charge < -0.3 is 20.1 Å². The van der Waals surface area contributed by atoms with E-state index in [1.807, 2.05) is 31.3 Å². The van der Waals surface area contributed by atoms with Crippen molar-refractivity contribution in [3.63, 3.8) is 0 Å². The van der Waals surface area contributed by atoms with Crippen LogP contribution in [0.2, 0.25) is 0 Å². The first-order valence-electron chi connectivity index (χ1n) is 8.58. The zero-order valence-corrected chi connectivity index (χ0v) is 15.9. The summed E-state index contributed by atoms with van der Waals surface area (Å²) >= 11 is 0. The number of halogens is 1. The van der Waals surface area contributed by atoms with Gasteiger partial charge in [-0.3, -0.25) is 9.69 Å². The van der Waals surface area contributed by atoms with Crippen LogP contribution in [-0.2, 0) is 16.1 Å². The maximum Gasteiger partial charge on any atom is 0.234 e. The van der Waals surface area contributed by atoms with E-state index in [4.69, 9.17) is 9.47 Å². The molecule has 2 N–H and O–H groups in total. The Morgan fingerprint density at radius 3 is 2.96 bits per heavy atom. The van der Waals surface area contributed by atoms with Crippen LogP contribution in [0.25, 0.3) is 0 Å². The van der Waals surface area contributed by atoms with E-state index in [1.165, 1.54) is 6.42 Å². The molecule has 142 valence electrons. The van der Waals surface area contributed by atoms with Crippen LogP contribution < -0.4 is 15.4 Å². The normalized spacial score (nSPS) is 17.6. The number of hydrogen-bond acceptors (Lipinski definition) is 5. The molecule has 1 aromatic rings. The standard InChI is InChI=1S/C18H29N3O3.ClH/c1-19-16-6-4-8-21(13-16)14-18(22)20-12-15-5-3-7-17(11-15)24-10-9-23-2;/h3,5,7,11,16,19H,4,6,8-10,12-14H2,1-2H3,(H,20,22);1H. The number of benzene rings is 1. The molecule has 1 unspecified atom stereocenters. The van der Waals surface area contributed by atoms with Crippen LogP contribution in [-0.4, -0.2) is 63.9 Å². The van der Waals surface area contributed by atoms with Gasteiger partial charge in [-0.25, -0.2) is 0 Å². The highest BCUT2D eigenvalue weighted by molar-refractivity contribution is 5.85. The molecule has 0 aliphatic carbocycles. The molecule has 25 heavy (non-hydrogen) atoms. The van der Waals surface area contributed by atoms with Gasteiger partial charge >= 0.3 is 0 Å². The number of carbonyl (C=O) groups excluding carboxylic acids is 1. The topological polar surface area (TPSA) is 62.8 Å². The van der Waals surface area contributed by atoms with Crippen molar-refractivity contribution in [3.05, 3.63) is 29.8 Å². The Morgan fingerprint density at radius 1 is 1.36 bits per heavy atom. The summed E-state index contributed by atoms with van der Waals surface area (Å²) in [6, 6.07) is 8.28. The number of rotatable bonds is 9. The number of methoxy groups -OCH3 is 1. The van der Waals surface area contributed by atoms with Crippen molar-refractivity contribution in [2.45, 2.75) is 25.4 Å². The van der Waals surface area contributed by atoms with Crippen LogP contribution in [0, 0.1) is 0 Å². The first-order chi connectivity index (χ1) is 11.7. The summed E-state index contributed by atoms with van der Waals surface area (Å²) in [7, 11) is 3.63. The third-order valence-electron chi connectivity index (χ3n) is 4.23. The van der Waals surface area contributed by atoms with E-state index in [0.29, 0.717) is 32.3 Å². The highest BCUT2D eigenvalue weighted by atomic mass is 35.5. The van der Waals surface area contributed by atoms with Crippen molar-refractivity contribution in [2.75, 3.05) is 47.0 Å². The van der Waals surface area contributed by atoms with E-state index in [-0.39, 0.29) is 18.3 Å². The Hall–Kier alpha value is -1.34. The van der Waals surface area contributed by atoms with E-state index in [2.05, 4.69) is 15.5 Å². The van der Waals surface area contributed by atoms with Gasteiger partial charge in [0.15, 0.2) is 0 Å². The lowest BCUT2D eigenvalue weighted by atomic mass is 10.1. The number of nitrogens with zero attached hydrogens (tertiary/aromatic N) is 1. The molecule has 0 spiro atoms. The van der Waals surface area contributed by atoms with Gasteiger partial charge in [0.25, 0.3) is 0 Å². The lowest BCUT2D eigenvalue weighted by Gasteiger charge is -2.31. The van der Waals surface area contributed by atoms with Gasteiger partial charge in [0.2, 0.25) is 5.91 Å². The van der Waals surface area contributed by atoms with Gasteiger partial charge in [0, 0.05) is 26.2 Å². The molecule has 6 nitrogen and oxygen atoms in total. The predicted molar refractivity (Wildman–Crippen MR) is 101 cm³/mol. The first kappa shape index (κ1) is 21.7. The van der Waals surface area contributed by atoms with Crippen LogP contribution in [0.3, 0.4) is 0 Å². The molecule has 1 fully saturated rings. The molecule has 0 aromatic heterocycles. The summed E-state index contributed by atoms with van der Waals surface area (Å²) in [4.78, 5) is 14.4. The van der Waals surface area contributed by atoms with Crippen LogP contribution in [0.1, 0.15) is 18.4 Å². The first-order valence-corrected chi connectivity index (χ1v) is 8.58. The van der Waals surface area contributed by atoms with Crippen molar-refractivity contribution < 1.29 is 14.3 Å². The molecule has 1 aliphatic rings. The fourth-order valence-corrected chi connectivity index (χ4v) is 2.88. The molecule has 0 radical (unpaired) electrons. The number of nitrogens with one attached hydrogen (secondary N) is 2. The minimum Gasteiger partial charge on any atom is -0.491 e. The van der Waals surface area contributed by atoms with Gasteiger partial charge in [0.1, 0.15) is 12.4 Å². The Labute approximate surface area is 156 Å². The number of amides is 1. The summed E-state index contributed by atoms with van der Waals surface area (Å²) in [5.41, 5.74) is 1.03. The SMILES string of the molecule is CNC1CCCN(CC(=O)NCc2cccc(OCCOC)c2)C1.Cl. The summed E-state index contributed by atoms with van der Waals surface area (Å²) in [5.74, 6) is 0.865. The minimum absolute atomic E-state index is 0. The van der Waals surface area contributed by atoms with Gasteiger partial charge in [0.05, 0.1) is 13.2 Å². The monoisotopic (exact) mass is 371 g/mol. The maximum atomic E-state index is 12.2. The van der Waals surface area contributed by atoms with Crippen molar-refractivity contribution in [1.29, 1.82) is 0 Å². The third kappa shape index (κ3) is 8.05. The molecule has 1 aliphatic heterocycles. The number of likely N-dealkylation sites (N-methyl/N-ethyl adjacent to an activating group) is 1. The zero-order valence-electron chi connectivity index (χ0n) is 15.1. The minimum atomic E-state index is 0. The molecule has 1 amide bonds. The maximum absolute atomic E-state index is 12.2. The second kappa shape index (κ2) is 12.1. The van der Waals surface area contributed by atoms with Gasteiger partial charge in [-0.1, -0.05) is 12.1 Å². The summed E-state index contributed by atoms with van der Waals surface area (Å²) in [5, 5.41) is 6.29. The van der Waals surface area contributed by atoms with E-state index < -0.39 is 0 Å². The Morgan fingerprint density at radius 2 is 2.20 bits per heavy atom. The van der Waals surface area contributed by atoms with Crippen molar-refractivity contribution in [3.8, 4) is 5.75 Å². The Balaban J connectivity index is 0.00000312. The van der Waals surface area contributed by atoms with Crippen molar-refractivity contribution >= 4 is 18.3 Å². The lowest BCUT2D eigenvalue weighted by molar-refractivity contribution is -0.122. The highest BCUT2D eigenvalue weighted by Crippen LogP contribution is 2.13. The Bertz CT molecular complexity index is 516.